The van der Waals surface area contributed by atoms with E-state index in [1.807, 2.05) is 64.1 Å². The van der Waals surface area contributed by atoms with Crippen molar-refractivity contribution in [3.8, 4) is 0 Å². The molecule has 0 aliphatic rings. The van der Waals surface area contributed by atoms with E-state index in [0.29, 0.717) is 24.5 Å². The monoisotopic (exact) mass is 400 g/mol. The third-order valence-corrected chi connectivity index (χ3v) is 5.25. The Labute approximate surface area is 172 Å². The van der Waals surface area contributed by atoms with Gasteiger partial charge in [0.2, 0.25) is 11.8 Å². The molecule has 150 valence electrons. The highest BCUT2D eigenvalue weighted by atomic mass is 35.5. The average Bonchev–Trinajstić information content (AvgIpc) is 2.66. The Hall–Kier alpha value is -2.33. The van der Waals surface area contributed by atoms with Gasteiger partial charge in [-0.15, -0.1) is 0 Å². The minimum Gasteiger partial charge on any atom is -0.355 e. The van der Waals surface area contributed by atoms with Crippen molar-refractivity contribution < 1.29 is 9.59 Å². The number of amides is 2. The molecule has 0 aliphatic carbocycles. The number of likely N-dealkylation sites (N-methyl/N-ethyl adjacent to an activating group) is 1. The summed E-state index contributed by atoms with van der Waals surface area (Å²) in [6.07, 6.45) is 0.794. The molecule has 0 saturated carbocycles. The van der Waals surface area contributed by atoms with E-state index in [9.17, 15) is 9.59 Å². The maximum absolute atomic E-state index is 13.3. The first-order valence-electron chi connectivity index (χ1n) is 9.74. The zero-order chi connectivity index (χ0) is 20.7. The van der Waals surface area contributed by atoms with Crippen molar-refractivity contribution >= 4 is 23.4 Å². The van der Waals surface area contributed by atoms with Gasteiger partial charge in [-0.1, -0.05) is 60.5 Å². The summed E-state index contributed by atoms with van der Waals surface area (Å²) in [5, 5.41) is 3.45. The van der Waals surface area contributed by atoms with Crippen LogP contribution >= 0.6 is 11.6 Å². The number of nitrogens with one attached hydrogen (secondary N) is 1. The van der Waals surface area contributed by atoms with Crippen molar-refractivity contribution in [1.29, 1.82) is 0 Å². The van der Waals surface area contributed by atoms with Crippen LogP contribution in [0.1, 0.15) is 42.5 Å². The largest absolute Gasteiger partial charge is 0.355 e. The molecular weight excluding hydrogens is 372 g/mol. The van der Waals surface area contributed by atoms with Gasteiger partial charge in [0, 0.05) is 18.1 Å². The molecule has 0 heterocycles. The number of nitrogens with zero attached hydrogens (tertiary/aromatic N) is 1. The molecule has 0 bridgehead atoms. The van der Waals surface area contributed by atoms with Crippen molar-refractivity contribution in [2.24, 2.45) is 0 Å². The molecule has 0 radical (unpaired) electrons. The van der Waals surface area contributed by atoms with Crippen LogP contribution in [0.4, 0.5) is 0 Å². The second kappa shape index (κ2) is 10.3. The Morgan fingerprint density at radius 3 is 2.43 bits per heavy atom. The van der Waals surface area contributed by atoms with Gasteiger partial charge >= 0.3 is 0 Å². The van der Waals surface area contributed by atoms with E-state index >= 15 is 0 Å². The highest BCUT2D eigenvalue weighted by molar-refractivity contribution is 6.31. The summed E-state index contributed by atoms with van der Waals surface area (Å²) in [5.41, 5.74) is 4.01. The zero-order valence-corrected chi connectivity index (χ0v) is 17.8. The lowest BCUT2D eigenvalue weighted by molar-refractivity contribution is -0.140. The standard InChI is InChI=1S/C23H29ClN2O2/c1-5-21(23(28)25-6-2)26(15-18-9-7-8-10-20(18)24)22(27)14-19-13-16(3)11-12-17(19)4/h7-13,21H,5-6,14-15H2,1-4H3,(H,25,28)/t21-/m1/s1. The Bertz CT molecular complexity index is 835. The molecule has 0 spiro atoms. The fraction of sp³-hybridized carbons (Fsp3) is 0.391. The van der Waals surface area contributed by atoms with Crippen LogP contribution in [-0.2, 0) is 22.6 Å². The summed E-state index contributed by atoms with van der Waals surface area (Å²) < 4.78 is 0. The number of aryl methyl sites for hydroxylation is 2. The molecule has 2 aromatic rings. The number of carbonyl (C=O) groups is 2. The van der Waals surface area contributed by atoms with Crippen molar-refractivity contribution in [3.63, 3.8) is 0 Å². The van der Waals surface area contributed by atoms with E-state index in [2.05, 4.69) is 5.32 Å². The minimum atomic E-state index is -0.533. The summed E-state index contributed by atoms with van der Waals surface area (Å²) in [6.45, 7) is 8.64. The van der Waals surface area contributed by atoms with Crippen LogP contribution in [-0.4, -0.2) is 29.3 Å². The zero-order valence-electron chi connectivity index (χ0n) is 17.1. The highest BCUT2D eigenvalue weighted by Crippen LogP contribution is 2.21. The maximum atomic E-state index is 13.3. The van der Waals surface area contributed by atoms with Gasteiger partial charge in [0.05, 0.1) is 6.42 Å². The normalized spacial score (nSPS) is 11.8. The predicted molar refractivity (Wildman–Crippen MR) is 114 cm³/mol. The van der Waals surface area contributed by atoms with Gasteiger partial charge in [0.1, 0.15) is 6.04 Å². The fourth-order valence-corrected chi connectivity index (χ4v) is 3.47. The van der Waals surface area contributed by atoms with Gasteiger partial charge in [-0.05, 0) is 49.9 Å². The number of carbonyl (C=O) groups excluding carboxylic acids is 2. The molecule has 4 nitrogen and oxygen atoms in total. The molecule has 1 N–H and O–H groups in total. The Balaban J connectivity index is 2.35. The first-order chi connectivity index (χ1) is 13.4. The first-order valence-corrected chi connectivity index (χ1v) is 10.1. The maximum Gasteiger partial charge on any atom is 0.242 e. The number of hydrogen-bond donors (Lipinski definition) is 1. The summed E-state index contributed by atoms with van der Waals surface area (Å²) in [7, 11) is 0. The highest BCUT2D eigenvalue weighted by Gasteiger charge is 2.29. The average molecular weight is 401 g/mol. The van der Waals surface area contributed by atoms with E-state index < -0.39 is 6.04 Å². The molecule has 0 saturated heterocycles. The third kappa shape index (κ3) is 5.59. The number of benzene rings is 2. The molecular formula is C23H29ClN2O2. The number of halogens is 1. The van der Waals surface area contributed by atoms with Crippen LogP contribution in [0.5, 0.6) is 0 Å². The Kier molecular flexibility index (Phi) is 8.06. The van der Waals surface area contributed by atoms with E-state index in [1.54, 1.807) is 11.0 Å². The number of hydrogen-bond acceptors (Lipinski definition) is 2. The summed E-state index contributed by atoms with van der Waals surface area (Å²) >= 11 is 6.33. The molecule has 1 atom stereocenters. The van der Waals surface area contributed by atoms with Crippen molar-refractivity contribution in [3.05, 3.63) is 69.7 Å². The molecule has 0 aliphatic heterocycles. The Morgan fingerprint density at radius 2 is 1.79 bits per heavy atom. The summed E-state index contributed by atoms with van der Waals surface area (Å²) in [6, 6.07) is 13.0. The van der Waals surface area contributed by atoms with Crippen LogP contribution in [0.3, 0.4) is 0 Å². The van der Waals surface area contributed by atoms with Gasteiger partial charge in [0.15, 0.2) is 0 Å². The SMILES string of the molecule is CCNC(=O)[C@@H](CC)N(Cc1ccccc1Cl)C(=O)Cc1cc(C)ccc1C. The lowest BCUT2D eigenvalue weighted by atomic mass is 10.0. The third-order valence-electron chi connectivity index (χ3n) is 4.88. The summed E-state index contributed by atoms with van der Waals surface area (Å²) in [4.78, 5) is 27.6. The Morgan fingerprint density at radius 1 is 1.07 bits per heavy atom. The van der Waals surface area contributed by atoms with Crippen LogP contribution in [0.25, 0.3) is 0 Å². The van der Waals surface area contributed by atoms with E-state index in [0.717, 1.165) is 22.3 Å². The topological polar surface area (TPSA) is 49.4 Å². The van der Waals surface area contributed by atoms with Crippen molar-refractivity contribution in [1.82, 2.24) is 10.2 Å². The van der Waals surface area contributed by atoms with Gasteiger partial charge in [-0.25, -0.2) is 0 Å². The molecule has 0 aromatic heterocycles. The molecule has 2 aromatic carbocycles. The second-order valence-electron chi connectivity index (χ2n) is 7.04. The molecule has 28 heavy (non-hydrogen) atoms. The first kappa shape index (κ1) is 22.0. The van der Waals surface area contributed by atoms with Crippen LogP contribution in [0, 0.1) is 13.8 Å². The van der Waals surface area contributed by atoms with Gasteiger partial charge in [-0.2, -0.15) is 0 Å². The minimum absolute atomic E-state index is 0.0771. The van der Waals surface area contributed by atoms with E-state index in [1.165, 1.54) is 0 Å². The van der Waals surface area contributed by atoms with E-state index in [-0.39, 0.29) is 18.2 Å². The predicted octanol–water partition coefficient (Wildman–Crippen LogP) is 4.44. The summed E-state index contributed by atoms with van der Waals surface area (Å²) in [5.74, 6) is -0.210. The number of rotatable bonds is 8. The van der Waals surface area contributed by atoms with E-state index in [4.69, 9.17) is 11.6 Å². The van der Waals surface area contributed by atoms with Gasteiger partial charge in [0.25, 0.3) is 0 Å². The molecule has 5 heteroatoms. The molecule has 0 unspecified atom stereocenters. The smallest absolute Gasteiger partial charge is 0.242 e. The van der Waals surface area contributed by atoms with Crippen LogP contribution in [0.15, 0.2) is 42.5 Å². The van der Waals surface area contributed by atoms with Gasteiger partial charge in [-0.3, -0.25) is 9.59 Å². The molecule has 0 fully saturated rings. The fourth-order valence-electron chi connectivity index (χ4n) is 3.28. The van der Waals surface area contributed by atoms with Crippen molar-refractivity contribution in [2.45, 2.75) is 53.1 Å². The molecule has 2 rings (SSSR count). The van der Waals surface area contributed by atoms with Crippen LogP contribution < -0.4 is 5.32 Å². The van der Waals surface area contributed by atoms with Crippen molar-refractivity contribution in [2.75, 3.05) is 6.54 Å². The second-order valence-corrected chi connectivity index (χ2v) is 7.45. The quantitative estimate of drug-likeness (QED) is 0.711. The molecule has 2 amide bonds. The lowest BCUT2D eigenvalue weighted by Crippen LogP contribution is -2.49. The van der Waals surface area contributed by atoms with Gasteiger partial charge < -0.3 is 10.2 Å². The van der Waals surface area contributed by atoms with Crippen LogP contribution in [0.2, 0.25) is 5.02 Å². The lowest BCUT2D eigenvalue weighted by Gasteiger charge is -2.31.